The van der Waals surface area contributed by atoms with E-state index >= 15 is 0 Å². The minimum Gasteiger partial charge on any atom is -0.497 e. The molecule has 210 valence electrons. The van der Waals surface area contributed by atoms with Gasteiger partial charge in [0.1, 0.15) is 12.4 Å². The largest absolute Gasteiger partial charge is 0.497 e. The number of piperazine rings is 1. The SMILES string of the molecule is COc1cc(C)c(S(=O)(=O)N(C)CCOCC(=O)N2CCc3sc(CN4CCN(C)CC4)cc3C2)c(C)c1. The van der Waals surface area contributed by atoms with Gasteiger partial charge in [-0.2, -0.15) is 4.31 Å². The number of carbonyl (C=O) groups is 1. The number of hydrogen-bond donors (Lipinski definition) is 0. The first-order chi connectivity index (χ1) is 18.1. The van der Waals surface area contributed by atoms with Gasteiger partial charge in [-0.25, -0.2) is 8.42 Å². The monoisotopic (exact) mass is 564 g/mol. The van der Waals surface area contributed by atoms with Crippen LogP contribution in [0, 0.1) is 13.8 Å². The molecule has 0 atom stereocenters. The summed E-state index contributed by atoms with van der Waals surface area (Å²) >= 11 is 1.88. The van der Waals surface area contributed by atoms with Crippen LogP contribution < -0.4 is 4.74 Å². The number of methoxy groups -OCH3 is 1. The number of benzene rings is 1. The first kappa shape index (κ1) is 29.0. The van der Waals surface area contributed by atoms with Crippen LogP contribution in [-0.4, -0.2) is 107 Å². The van der Waals surface area contributed by atoms with Crippen LogP contribution in [0.1, 0.15) is 26.4 Å². The summed E-state index contributed by atoms with van der Waals surface area (Å²) < 4.78 is 38.5. The Bertz CT molecular complexity index is 1220. The average Bonchev–Trinajstić information content (AvgIpc) is 3.28. The molecule has 2 aromatic rings. The molecule has 9 nitrogen and oxygen atoms in total. The fourth-order valence-corrected chi connectivity index (χ4v) is 7.84. The van der Waals surface area contributed by atoms with Crippen molar-refractivity contribution in [2.24, 2.45) is 0 Å². The molecule has 0 aliphatic carbocycles. The normalized spacial score (nSPS) is 17.2. The molecular formula is C27H40N4O5S2. The first-order valence-electron chi connectivity index (χ1n) is 13.1. The van der Waals surface area contributed by atoms with Crippen LogP contribution in [0.25, 0.3) is 0 Å². The highest BCUT2D eigenvalue weighted by Gasteiger charge is 2.26. The molecule has 3 heterocycles. The lowest BCUT2D eigenvalue weighted by Crippen LogP contribution is -2.43. The maximum Gasteiger partial charge on any atom is 0.248 e. The number of aryl methyl sites for hydroxylation is 2. The Morgan fingerprint density at radius 1 is 1.08 bits per heavy atom. The van der Waals surface area contributed by atoms with Crippen LogP contribution in [0.4, 0.5) is 0 Å². The van der Waals surface area contributed by atoms with Crippen molar-refractivity contribution < 1.29 is 22.7 Å². The topological polar surface area (TPSA) is 82.6 Å². The molecule has 2 aliphatic rings. The number of ether oxygens (including phenoxy) is 2. The van der Waals surface area contributed by atoms with Crippen LogP contribution in [0.2, 0.25) is 0 Å². The van der Waals surface area contributed by atoms with Crippen LogP contribution in [0.5, 0.6) is 5.75 Å². The quantitative estimate of drug-likeness (QED) is 0.410. The summed E-state index contributed by atoms with van der Waals surface area (Å²) in [6, 6.07) is 5.70. The highest BCUT2D eigenvalue weighted by molar-refractivity contribution is 7.89. The van der Waals surface area contributed by atoms with Gasteiger partial charge in [-0.1, -0.05) is 0 Å². The highest BCUT2D eigenvalue weighted by Crippen LogP contribution is 2.30. The fourth-order valence-electron chi connectivity index (χ4n) is 5.07. The zero-order valence-electron chi connectivity index (χ0n) is 23.2. The Morgan fingerprint density at radius 3 is 2.42 bits per heavy atom. The summed E-state index contributed by atoms with van der Waals surface area (Å²) in [4.78, 5) is 22.6. The van der Waals surface area contributed by atoms with Gasteiger partial charge in [0.25, 0.3) is 0 Å². The summed E-state index contributed by atoms with van der Waals surface area (Å²) in [5.74, 6) is 0.566. The Hall–Kier alpha value is -2.02. The molecule has 0 bridgehead atoms. The lowest BCUT2D eigenvalue weighted by atomic mass is 10.1. The molecule has 0 radical (unpaired) electrons. The van der Waals surface area contributed by atoms with E-state index in [0.29, 0.717) is 30.0 Å². The van der Waals surface area contributed by atoms with E-state index in [-0.39, 0.29) is 30.6 Å². The van der Waals surface area contributed by atoms with Crippen molar-refractivity contribution in [1.29, 1.82) is 0 Å². The summed E-state index contributed by atoms with van der Waals surface area (Å²) in [6.45, 7) is 10.5. The van der Waals surface area contributed by atoms with Gasteiger partial charge >= 0.3 is 0 Å². The Morgan fingerprint density at radius 2 is 1.76 bits per heavy atom. The van der Waals surface area contributed by atoms with Crippen LogP contribution in [-0.2, 0) is 39.1 Å². The number of likely N-dealkylation sites (N-methyl/N-ethyl adjacent to an activating group) is 2. The summed E-state index contributed by atoms with van der Waals surface area (Å²) in [6.07, 6.45) is 0.871. The van der Waals surface area contributed by atoms with Crippen molar-refractivity contribution in [2.75, 3.05) is 73.7 Å². The van der Waals surface area contributed by atoms with Gasteiger partial charge in [0.2, 0.25) is 15.9 Å². The highest BCUT2D eigenvalue weighted by atomic mass is 32.2. The number of amides is 1. The third-order valence-electron chi connectivity index (χ3n) is 7.36. The molecule has 4 rings (SSSR count). The second kappa shape index (κ2) is 12.4. The molecule has 1 saturated heterocycles. The molecule has 0 N–H and O–H groups in total. The molecule has 2 aliphatic heterocycles. The van der Waals surface area contributed by atoms with Gasteiger partial charge in [-0.3, -0.25) is 9.69 Å². The van der Waals surface area contributed by atoms with Gasteiger partial charge in [0.05, 0.1) is 18.6 Å². The molecule has 0 unspecified atom stereocenters. The van der Waals surface area contributed by atoms with Crippen molar-refractivity contribution in [3.8, 4) is 5.75 Å². The summed E-state index contributed by atoms with van der Waals surface area (Å²) in [5.41, 5.74) is 2.51. The molecule has 0 saturated carbocycles. The third-order valence-corrected chi connectivity index (χ3v) is 10.7. The lowest BCUT2D eigenvalue weighted by Gasteiger charge is -2.31. The molecule has 0 spiro atoms. The molecule has 1 fully saturated rings. The van der Waals surface area contributed by atoms with E-state index in [0.717, 1.165) is 39.1 Å². The molecule has 11 heteroatoms. The van der Waals surface area contributed by atoms with Gasteiger partial charge in [-0.15, -0.1) is 11.3 Å². The molecule has 1 aromatic carbocycles. The van der Waals surface area contributed by atoms with E-state index < -0.39 is 10.0 Å². The molecule has 38 heavy (non-hydrogen) atoms. The average molecular weight is 565 g/mol. The standard InChI is InChI=1S/C27H40N4O5S2/c1-20-14-23(35-5)15-21(2)27(20)38(33,34)29(4)12-13-36-19-26(32)31-7-6-25-22(17-31)16-24(37-25)18-30-10-8-28(3)9-11-30/h14-16H,6-13,17-19H2,1-5H3. The number of carbonyl (C=O) groups excluding carboxylic acids is 1. The van der Waals surface area contributed by atoms with E-state index in [4.69, 9.17) is 9.47 Å². The van der Waals surface area contributed by atoms with Crippen molar-refractivity contribution in [1.82, 2.24) is 19.0 Å². The van der Waals surface area contributed by atoms with Crippen LogP contribution >= 0.6 is 11.3 Å². The van der Waals surface area contributed by atoms with Gasteiger partial charge in [0, 0.05) is 69.2 Å². The molecular weight excluding hydrogens is 524 g/mol. The molecule has 1 aromatic heterocycles. The second-order valence-corrected chi connectivity index (χ2v) is 13.5. The minimum absolute atomic E-state index is 0.0535. The van der Waals surface area contributed by atoms with E-state index in [9.17, 15) is 13.2 Å². The number of hydrogen-bond acceptors (Lipinski definition) is 8. The Balaban J connectivity index is 1.24. The van der Waals surface area contributed by atoms with E-state index in [2.05, 4.69) is 22.9 Å². The van der Waals surface area contributed by atoms with Crippen molar-refractivity contribution >= 4 is 27.3 Å². The van der Waals surface area contributed by atoms with E-state index in [1.807, 2.05) is 16.2 Å². The summed E-state index contributed by atoms with van der Waals surface area (Å²) in [7, 11) is 1.57. The second-order valence-electron chi connectivity index (χ2n) is 10.3. The van der Waals surface area contributed by atoms with Gasteiger partial charge < -0.3 is 19.3 Å². The Labute approximate surface area is 231 Å². The smallest absolute Gasteiger partial charge is 0.248 e. The predicted molar refractivity (Wildman–Crippen MR) is 149 cm³/mol. The Kier molecular flexibility index (Phi) is 9.49. The maximum absolute atomic E-state index is 13.2. The fraction of sp³-hybridized carbons (Fsp3) is 0.593. The predicted octanol–water partition coefficient (Wildman–Crippen LogP) is 2.34. The summed E-state index contributed by atoms with van der Waals surface area (Å²) in [5, 5.41) is 0. The first-order valence-corrected chi connectivity index (χ1v) is 15.3. The number of rotatable bonds is 10. The molecule has 1 amide bonds. The third kappa shape index (κ3) is 6.75. The van der Waals surface area contributed by atoms with Crippen LogP contribution in [0.15, 0.2) is 23.1 Å². The van der Waals surface area contributed by atoms with E-state index in [1.54, 1.807) is 33.1 Å². The zero-order chi connectivity index (χ0) is 27.4. The number of fused-ring (bicyclic) bond motifs is 1. The van der Waals surface area contributed by atoms with Gasteiger partial charge in [-0.05, 0) is 62.2 Å². The lowest BCUT2D eigenvalue weighted by molar-refractivity contribution is -0.137. The maximum atomic E-state index is 13.2. The number of nitrogens with zero attached hydrogens (tertiary/aromatic N) is 4. The number of thiophene rings is 1. The van der Waals surface area contributed by atoms with Crippen molar-refractivity contribution in [3.63, 3.8) is 0 Å². The zero-order valence-corrected chi connectivity index (χ0v) is 24.8. The van der Waals surface area contributed by atoms with Crippen molar-refractivity contribution in [2.45, 2.75) is 38.3 Å². The number of sulfonamides is 1. The minimum atomic E-state index is -3.69. The van der Waals surface area contributed by atoms with Crippen LogP contribution in [0.3, 0.4) is 0 Å². The van der Waals surface area contributed by atoms with Crippen molar-refractivity contribution in [3.05, 3.63) is 44.6 Å². The van der Waals surface area contributed by atoms with E-state index in [1.165, 1.54) is 26.7 Å². The van der Waals surface area contributed by atoms with Gasteiger partial charge in [0.15, 0.2) is 0 Å².